The van der Waals surface area contributed by atoms with E-state index >= 15 is 0 Å². The number of ether oxygens (including phenoxy) is 1. The van der Waals surface area contributed by atoms with Crippen LogP contribution in [0.25, 0.3) is 6.08 Å². The van der Waals surface area contributed by atoms with Crippen LogP contribution in [0, 0.1) is 0 Å². The average Bonchev–Trinajstić information content (AvgIpc) is 2.54. The number of rotatable bonds is 5. The Morgan fingerprint density at radius 1 is 1.27 bits per heavy atom. The summed E-state index contributed by atoms with van der Waals surface area (Å²) >= 11 is 0. The molecule has 1 fully saturated rings. The summed E-state index contributed by atoms with van der Waals surface area (Å²) < 4.78 is 4.85. The predicted molar refractivity (Wildman–Crippen MR) is 89.7 cm³/mol. The summed E-state index contributed by atoms with van der Waals surface area (Å²) in [5.74, 6) is 0.276. The average molecular weight is 300 g/mol. The topological polar surface area (TPSA) is 64.7 Å². The van der Waals surface area contributed by atoms with E-state index in [0.29, 0.717) is 18.5 Å². The molecule has 0 heterocycles. The number of hydrogen-bond donors (Lipinski definition) is 1. The zero-order chi connectivity index (χ0) is 15.8. The van der Waals surface area contributed by atoms with Crippen molar-refractivity contribution in [2.24, 2.45) is 10.7 Å². The minimum absolute atomic E-state index is 0.329. The Labute approximate surface area is 132 Å². The van der Waals surface area contributed by atoms with Crippen molar-refractivity contribution in [1.29, 1.82) is 0 Å². The summed E-state index contributed by atoms with van der Waals surface area (Å²) in [5, 5.41) is 0. The summed E-state index contributed by atoms with van der Waals surface area (Å²) in [5.41, 5.74) is 7.96. The molecule has 0 bridgehead atoms. The molecule has 22 heavy (non-hydrogen) atoms. The Morgan fingerprint density at radius 3 is 2.59 bits per heavy atom. The molecule has 0 atom stereocenters. The number of benzene rings is 1. The first kappa shape index (κ1) is 16.3. The zero-order valence-corrected chi connectivity index (χ0v) is 13.1. The van der Waals surface area contributed by atoms with E-state index in [4.69, 9.17) is 10.5 Å². The number of hydrogen-bond acceptors (Lipinski definition) is 3. The van der Waals surface area contributed by atoms with E-state index in [1.807, 2.05) is 24.3 Å². The SMILES string of the molecule is CCOC(=O)/C=C/c1ccc(C(N)=NC2CCCCC2)cc1. The molecule has 1 saturated carbocycles. The van der Waals surface area contributed by atoms with Crippen LogP contribution in [0.5, 0.6) is 0 Å². The highest BCUT2D eigenvalue weighted by Crippen LogP contribution is 2.20. The van der Waals surface area contributed by atoms with E-state index in [1.54, 1.807) is 13.0 Å². The number of amidine groups is 1. The van der Waals surface area contributed by atoms with Crippen LogP contribution in [-0.2, 0) is 9.53 Å². The Kier molecular flexibility index (Phi) is 6.19. The molecule has 0 saturated heterocycles. The number of nitrogens with two attached hydrogens (primary N) is 1. The van der Waals surface area contributed by atoms with Gasteiger partial charge in [-0.3, -0.25) is 4.99 Å². The van der Waals surface area contributed by atoms with Crippen molar-refractivity contribution in [2.45, 2.75) is 45.1 Å². The standard InChI is InChI=1S/C18H24N2O2/c1-2-22-17(21)13-10-14-8-11-15(12-9-14)18(19)20-16-6-4-3-5-7-16/h8-13,16H,2-7H2,1H3,(H2,19,20)/b13-10+. The summed E-state index contributed by atoms with van der Waals surface area (Å²) in [6, 6.07) is 8.10. The van der Waals surface area contributed by atoms with Gasteiger partial charge in [0.2, 0.25) is 0 Å². The molecule has 2 N–H and O–H groups in total. The Hall–Kier alpha value is -2.10. The fourth-order valence-corrected chi connectivity index (χ4v) is 2.60. The lowest BCUT2D eigenvalue weighted by atomic mass is 9.96. The Bertz CT molecular complexity index is 541. The maximum atomic E-state index is 11.3. The molecule has 0 aromatic heterocycles. The van der Waals surface area contributed by atoms with Crippen molar-refractivity contribution in [3.8, 4) is 0 Å². The first-order valence-corrected chi connectivity index (χ1v) is 7.97. The molecular weight excluding hydrogens is 276 g/mol. The zero-order valence-electron chi connectivity index (χ0n) is 13.1. The van der Waals surface area contributed by atoms with Gasteiger partial charge in [0.1, 0.15) is 5.84 Å². The van der Waals surface area contributed by atoms with Gasteiger partial charge in [0.05, 0.1) is 12.6 Å². The van der Waals surface area contributed by atoms with Crippen molar-refractivity contribution < 1.29 is 9.53 Å². The van der Waals surface area contributed by atoms with Gasteiger partial charge in [-0.1, -0.05) is 43.5 Å². The first-order valence-electron chi connectivity index (χ1n) is 7.97. The fraction of sp³-hybridized carbons (Fsp3) is 0.444. The number of esters is 1. The van der Waals surface area contributed by atoms with Gasteiger partial charge in [0.25, 0.3) is 0 Å². The normalized spacial score (nSPS) is 16.9. The number of carbonyl (C=O) groups excluding carboxylic acids is 1. The van der Waals surface area contributed by atoms with Gasteiger partial charge in [-0.05, 0) is 31.4 Å². The molecule has 0 amide bonds. The molecule has 0 spiro atoms. The van der Waals surface area contributed by atoms with E-state index in [1.165, 1.54) is 25.3 Å². The van der Waals surface area contributed by atoms with Gasteiger partial charge in [0, 0.05) is 11.6 Å². The second kappa shape index (κ2) is 8.37. The summed E-state index contributed by atoms with van der Waals surface area (Å²) in [4.78, 5) is 15.9. The highest BCUT2D eigenvalue weighted by molar-refractivity contribution is 5.97. The number of nitrogens with zero attached hydrogens (tertiary/aromatic N) is 1. The van der Waals surface area contributed by atoms with Gasteiger partial charge < -0.3 is 10.5 Å². The third kappa shape index (κ3) is 5.02. The predicted octanol–water partition coefficient (Wildman–Crippen LogP) is 3.30. The van der Waals surface area contributed by atoms with E-state index < -0.39 is 0 Å². The highest BCUT2D eigenvalue weighted by Gasteiger charge is 2.12. The quantitative estimate of drug-likeness (QED) is 0.393. The van der Waals surface area contributed by atoms with Crippen LogP contribution >= 0.6 is 0 Å². The minimum Gasteiger partial charge on any atom is -0.463 e. The molecule has 1 aliphatic rings. The molecule has 0 radical (unpaired) electrons. The van der Waals surface area contributed by atoms with Crippen LogP contribution in [0.1, 0.15) is 50.2 Å². The largest absolute Gasteiger partial charge is 0.463 e. The van der Waals surface area contributed by atoms with Crippen LogP contribution in [0.3, 0.4) is 0 Å². The number of carbonyl (C=O) groups is 1. The van der Waals surface area contributed by atoms with Crippen LogP contribution in [-0.4, -0.2) is 24.5 Å². The minimum atomic E-state index is -0.329. The Morgan fingerprint density at radius 2 is 1.95 bits per heavy atom. The molecule has 118 valence electrons. The van der Waals surface area contributed by atoms with Crippen LogP contribution < -0.4 is 5.73 Å². The first-order chi connectivity index (χ1) is 10.7. The molecule has 1 aliphatic carbocycles. The third-order valence-corrected chi connectivity index (χ3v) is 3.80. The maximum absolute atomic E-state index is 11.3. The lowest BCUT2D eigenvalue weighted by Gasteiger charge is -2.18. The van der Waals surface area contributed by atoms with Crippen LogP contribution in [0.2, 0.25) is 0 Å². The van der Waals surface area contributed by atoms with Gasteiger partial charge >= 0.3 is 5.97 Å². The third-order valence-electron chi connectivity index (χ3n) is 3.80. The molecule has 0 aliphatic heterocycles. The van der Waals surface area contributed by atoms with Crippen molar-refractivity contribution >= 4 is 17.9 Å². The van der Waals surface area contributed by atoms with Gasteiger partial charge in [-0.2, -0.15) is 0 Å². The van der Waals surface area contributed by atoms with Crippen LogP contribution in [0.4, 0.5) is 0 Å². The molecule has 4 heteroatoms. The van der Waals surface area contributed by atoms with E-state index in [-0.39, 0.29) is 5.97 Å². The van der Waals surface area contributed by atoms with Crippen molar-refractivity contribution in [3.05, 3.63) is 41.5 Å². The van der Waals surface area contributed by atoms with Gasteiger partial charge in [-0.25, -0.2) is 4.79 Å². The second-order valence-electron chi connectivity index (χ2n) is 5.51. The molecule has 0 unspecified atom stereocenters. The van der Waals surface area contributed by atoms with Gasteiger partial charge in [-0.15, -0.1) is 0 Å². The van der Waals surface area contributed by atoms with E-state index in [0.717, 1.165) is 24.0 Å². The summed E-state index contributed by atoms with van der Waals surface area (Å²) in [7, 11) is 0. The second-order valence-corrected chi connectivity index (χ2v) is 5.51. The summed E-state index contributed by atoms with van der Waals surface area (Å²) in [6.45, 7) is 2.17. The Balaban J connectivity index is 1.98. The van der Waals surface area contributed by atoms with Gasteiger partial charge in [0.15, 0.2) is 0 Å². The van der Waals surface area contributed by atoms with Crippen molar-refractivity contribution in [1.82, 2.24) is 0 Å². The van der Waals surface area contributed by atoms with Crippen molar-refractivity contribution in [2.75, 3.05) is 6.61 Å². The van der Waals surface area contributed by atoms with Crippen LogP contribution in [0.15, 0.2) is 35.3 Å². The molecule has 2 rings (SSSR count). The highest BCUT2D eigenvalue weighted by atomic mass is 16.5. The smallest absolute Gasteiger partial charge is 0.330 e. The fourth-order valence-electron chi connectivity index (χ4n) is 2.60. The van der Waals surface area contributed by atoms with E-state index in [9.17, 15) is 4.79 Å². The number of aliphatic imine (C=N–C) groups is 1. The molecule has 1 aromatic rings. The molecule has 4 nitrogen and oxygen atoms in total. The monoisotopic (exact) mass is 300 g/mol. The van der Waals surface area contributed by atoms with E-state index in [2.05, 4.69) is 4.99 Å². The lowest BCUT2D eigenvalue weighted by Crippen LogP contribution is -2.19. The molecular formula is C18H24N2O2. The van der Waals surface area contributed by atoms with Crippen molar-refractivity contribution in [3.63, 3.8) is 0 Å². The lowest BCUT2D eigenvalue weighted by molar-refractivity contribution is -0.137. The maximum Gasteiger partial charge on any atom is 0.330 e. The summed E-state index contributed by atoms with van der Waals surface area (Å²) in [6.07, 6.45) is 9.25. The molecule has 1 aromatic carbocycles.